The predicted octanol–water partition coefficient (Wildman–Crippen LogP) is 6.19. The first-order valence-electron chi connectivity index (χ1n) is 9.60. The number of carbonyl (C=O) groups excluding carboxylic acids is 1. The van der Waals surface area contributed by atoms with Gasteiger partial charge in [-0.05, 0) is 35.6 Å². The minimum Gasteiger partial charge on any atom is -0.410 e. The van der Waals surface area contributed by atoms with Gasteiger partial charge in [0.05, 0.1) is 10.4 Å². The second kappa shape index (κ2) is 6.78. The molecule has 0 N–H and O–H groups in total. The maximum Gasteiger partial charge on any atom is 0.415 e. The summed E-state index contributed by atoms with van der Waals surface area (Å²) in [6, 6.07) is 19.3. The Bertz CT molecular complexity index is 851. The van der Waals surface area contributed by atoms with Crippen LogP contribution < -0.4 is 4.74 Å². The quantitative estimate of drug-likeness (QED) is 0.417. The van der Waals surface area contributed by atoms with Crippen molar-refractivity contribution in [3.8, 4) is 5.75 Å². The number of piperidine rings is 1. The highest BCUT2D eigenvalue weighted by atomic mass is 79.9. The highest BCUT2D eigenvalue weighted by Crippen LogP contribution is 2.58. The van der Waals surface area contributed by atoms with E-state index >= 15 is 0 Å². The number of rotatable bonds is 3. The Kier molecular flexibility index (Phi) is 4.71. The maximum atomic E-state index is 13.0. The van der Waals surface area contributed by atoms with Crippen LogP contribution in [-0.4, -0.2) is 25.6 Å². The summed E-state index contributed by atoms with van der Waals surface area (Å²) in [5.74, 6) is 1.14. The summed E-state index contributed by atoms with van der Waals surface area (Å²) >= 11 is 4.12. The molecule has 3 unspecified atom stereocenters. The largest absolute Gasteiger partial charge is 0.415 e. The van der Waals surface area contributed by atoms with E-state index in [0.717, 1.165) is 6.42 Å². The Morgan fingerprint density at radius 2 is 1.81 bits per heavy atom. The van der Waals surface area contributed by atoms with Crippen LogP contribution in [0.4, 0.5) is 4.79 Å². The molecule has 3 atom stereocenters. The zero-order valence-corrected chi connectivity index (χ0v) is 18.7. The topological polar surface area (TPSA) is 29.5 Å². The van der Waals surface area contributed by atoms with E-state index in [2.05, 4.69) is 59.8 Å². The van der Waals surface area contributed by atoms with Gasteiger partial charge in [0.25, 0.3) is 0 Å². The number of fused-ring (bicyclic) bond motifs is 2. The van der Waals surface area contributed by atoms with Gasteiger partial charge in [0.1, 0.15) is 5.75 Å². The zero-order valence-electron chi connectivity index (χ0n) is 16.1. The number of carbonyl (C=O) groups is 1. The number of halogens is 1. The predicted molar refractivity (Wildman–Crippen MR) is 115 cm³/mol. The van der Waals surface area contributed by atoms with E-state index in [-0.39, 0.29) is 16.5 Å². The van der Waals surface area contributed by atoms with Crippen LogP contribution in [0.25, 0.3) is 0 Å². The molecule has 142 valence electrons. The Morgan fingerprint density at radius 3 is 2.52 bits per heavy atom. The summed E-state index contributed by atoms with van der Waals surface area (Å²) in [5.41, 5.74) is 2.62. The van der Waals surface area contributed by atoms with Crippen molar-refractivity contribution >= 4 is 30.1 Å². The number of hydrogen-bond donors (Lipinski definition) is 0. The third kappa shape index (κ3) is 3.47. The van der Waals surface area contributed by atoms with Gasteiger partial charge < -0.3 is 4.74 Å². The first-order chi connectivity index (χ1) is 12.8. The van der Waals surface area contributed by atoms with Crippen LogP contribution in [0.15, 0.2) is 54.6 Å². The summed E-state index contributed by atoms with van der Waals surface area (Å²) in [4.78, 5) is 14.9. The van der Waals surface area contributed by atoms with E-state index in [1.165, 1.54) is 17.2 Å². The lowest BCUT2D eigenvalue weighted by Crippen LogP contribution is -2.57. The van der Waals surface area contributed by atoms with Crippen LogP contribution >= 0.6 is 15.9 Å². The molecule has 1 aliphatic carbocycles. The zero-order chi connectivity index (χ0) is 19.2. The molecule has 2 bridgehead atoms. The first-order valence-corrected chi connectivity index (χ1v) is 14.1. The van der Waals surface area contributed by atoms with Crippen LogP contribution in [-0.2, 0) is 4.32 Å². The Labute approximate surface area is 170 Å². The molecule has 0 spiro atoms. The number of para-hydroxylation sites is 1. The van der Waals surface area contributed by atoms with Crippen molar-refractivity contribution < 1.29 is 9.53 Å². The van der Waals surface area contributed by atoms with Crippen molar-refractivity contribution in [2.75, 3.05) is 6.54 Å². The molecule has 1 saturated heterocycles. The van der Waals surface area contributed by atoms with Gasteiger partial charge in [-0.2, -0.15) is 0 Å². The Balaban J connectivity index is 1.66. The first kappa shape index (κ1) is 18.8. The number of benzene rings is 2. The SMILES string of the molecule is C[Si](C)(C)CC1CC2c3ccccc3C1(Br)CN2C(=O)Oc1ccccc1. The molecular weight excluding hydrogens is 418 g/mol. The molecule has 0 radical (unpaired) electrons. The molecule has 3 nitrogen and oxygen atoms in total. The van der Waals surface area contributed by atoms with Gasteiger partial charge in [0.15, 0.2) is 0 Å². The van der Waals surface area contributed by atoms with E-state index in [1.54, 1.807) is 0 Å². The minimum absolute atomic E-state index is 0.0955. The van der Waals surface area contributed by atoms with Crippen LogP contribution in [0.1, 0.15) is 23.6 Å². The summed E-state index contributed by atoms with van der Waals surface area (Å²) in [6.07, 6.45) is 0.743. The molecule has 0 saturated carbocycles. The van der Waals surface area contributed by atoms with E-state index in [1.807, 2.05) is 35.2 Å². The van der Waals surface area contributed by atoms with Gasteiger partial charge in [-0.1, -0.05) is 84.1 Å². The second-order valence-electron chi connectivity index (χ2n) is 8.97. The van der Waals surface area contributed by atoms with Crippen molar-refractivity contribution in [1.82, 2.24) is 4.90 Å². The van der Waals surface area contributed by atoms with Gasteiger partial charge in [0.2, 0.25) is 0 Å². The van der Waals surface area contributed by atoms with Gasteiger partial charge >= 0.3 is 6.09 Å². The van der Waals surface area contributed by atoms with Crippen LogP contribution in [0.2, 0.25) is 25.7 Å². The van der Waals surface area contributed by atoms with Crippen LogP contribution in [0, 0.1) is 5.92 Å². The molecule has 2 aliphatic heterocycles. The smallest absolute Gasteiger partial charge is 0.410 e. The maximum absolute atomic E-state index is 13.0. The number of ether oxygens (including phenoxy) is 1. The summed E-state index contributed by atoms with van der Waals surface area (Å²) in [6.45, 7) is 7.95. The summed E-state index contributed by atoms with van der Waals surface area (Å²) in [7, 11) is -1.23. The highest BCUT2D eigenvalue weighted by molar-refractivity contribution is 9.09. The summed E-state index contributed by atoms with van der Waals surface area (Å²) < 4.78 is 5.49. The molecule has 5 rings (SSSR count). The third-order valence-corrected chi connectivity index (χ3v) is 8.78. The van der Waals surface area contributed by atoms with E-state index in [4.69, 9.17) is 4.74 Å². The number of hydrogen-bond acceptors (Lipinski definition) is 2. The molecule has 2 aromatic rings. The van der Waals surface area contributed by atoms with Gasteiger partial charge in [0, 0.05) is 14.6 Å². The normalized spacial score (nSPS) is 26.6. The number of nitrogens with zero attached hydrogens (tertiary/aromatic N) is 1. The second-order valence-corrected chi connectivity index (χ2v) is 15.9. The molecule has 0 aromatic heterocycles. The third-order valence-electron chi connectivity index (χ3n) is 5.74. The molecule has 1 amide bonds. The monoisotopic (exact) mass is 443 g/mol. The van der Waals surface area contributed by atoms with Crippen molar-refractivity contribution in [3.63, 3.8) is 0 Å². The summed E-state index contributed by atoms with van der Waals surface area (Å²) in [5, 5.41) is 0. The van der Waals surface area contributed by atoms with Gasteiger partial charge in [-0.3, -0.25) is 4.90 Å². The molecule has 27 heavy (non-hydrogen) atoms. The van der Waals surface area contributed by atoms with Gasteiger partial charge in [-0.15, -0.1) is 0 Å². The average Bonchev–Trinajstić information content (AvgIpc) is 2.62. The fraction of sp³-hybridized carbons (Fsp3) is 0.409. The van der Waals surface area contributed by atoms with Crippen molar-refractivity contribution in [3.05, 3.63) is 65.7 Å². The van der Waals surface area contributed by atoms with Gasteiger partial charge in [-0.25, -0.2) is 4.79 Å². The fourth-order valence-corrected chi connectivity index (χ4v) is 7.93. The Hall–Kier alpha value is -1.59. The standard InChI is InChI=1S/C22H26BrNO2Si/c1-27(2,3)14-16-13-20-18-11-7-8-12-19(18)22(16,23)15-24(20)21(25)26-17-9-5-4-6-10-17/h4-12,16,20H,13-15H2,1-3H3. The average molecular weight is 444 g/mol. The minimum atomic E-state index is -1.23. The van der Waals surface area contributed by atoms with Crippen LogP contribution in [0.3, 0.4) is 0 Å². The highest BCUT2D eigenvalue weighted by Gasteiger charge is 2.55. The molecule has 2 aromatic carbocycles. The lowest BCUT2D eigenvalue weighted by molar-refractivity contribution is 0.0652. The van der Waals surface area contributed by atoms with Crippen molar-refractivity contribution in [2.24, 2.45) is 5.92 Å². The fourth-order valence-electron chi connectivity index (χ4n) is 4.66. The number of alkyl halides is 1. The van der Waals surface area contributed by atoms with E-state index in [9.17, 15) is 4.79 Å². The lowest BCUT2D eigenvalue weighted by atomic mass is 9.69. The molecule has 3 aliphatic rings. The Morgan fingerprint density at radius 1 is 1.15 bits per heavy atom. The molecule has 1 fully saturated rings. The lowest BCUT2D eigenvalue weighted by Gasteiger charge is -2.55. The number of amides is 1. The van der Waals surface area contributed by atoms with E-state index in [0.29, 0.717) is 18.2 Å². The molecule has 2 heterocycles. The van der Waals surface area contributed by atoms with Crippen molar-refractivity contribution in [1.29, 1.82) is 0 Å². The molecular formula is C22H26BrNO2Si. The van der Waals surface area contributed by atoms with Crippen LogP contribution in [0.5, 0.6) is 5.75 Å². The van der Waals surface area contributed by atoms with E-state index < -0.39 is 8.07 Å². The van der Waals surface area contributed by atoms with Crippen molar-refractivity contribution in [2.45, 2.75) is 42.5 Å². The molecule has 5 heteroatoms.